The van der Waals surface area contributed by atoms with E-state index in [9.17, 15) is 24.8 Å². The van der Waals surface area contributed by atoms with Crippen molar-refractivity contribution in [2.75, 3.05) is 6.61 Å². The number of ether oxygens (including phenoxy) is 1. The zero-order valence-corrected chi connectivity index (χ0v) is 11.6. The molecule has 1 aliphatic rings. The molecular formula is C12H9N2O6S-. The Hall–Kier alpha value is -2.55. The van der Waals surface area contributed by atoms with E-state index in [1.54, 1.807) is 6.92 Å². The first-order valence-corrected chi connectivity index (χ1v) is 6.61. The molecule has 0 saturated carbocycles. The molecule has 0 unspecified atom stereocenters. The van der Waals surface area contributed by atoms with Crippen molar-refractivity contribution in [2.24, 2.45) is 0 Å². The molecule has 1 aromatic carbocycles. The van der Waals surface area contributed by atoms with E-state index in [1.807, 2.05) is 5.32 Å². The van der Waals surface area contributed by atoms with Crippen LogP contribution < -0.4 is 15.2 Å². The molecule has 1 fully saturated rings. The van der Waals surface area contributed by atoms with Crippen LogP contribution in [-0.4, -0.2) is 22.7 Å². The maximum atomic E-state index is 12.1. The molecule has 0 radical (unpaired) electrons. The first-order valence-electron chi connectivity index (χ1n) is 5.79. The van der Waals surface area contributed by atoms with Crippen molar-refractivity contribution in [1.82, 2.24) is 5.32 Å². The van der Waals surface area contributed by atoms with Crippen LogP contribution in [0.25, 0.3) is 6.08 Å². The summed E-state index contributed by atoms with van der Waals surface area (Å²) in [7, 11) is 0. The van der Waals surface area contributed by atoms with E-state index in [0.717, 1.165) is 18.2 Å². The molecule has 0 spiro atoms. The number of nitrogens with zero attached hydrogens (tertiary/aromatic N) is 1. The van der Waals surface area contributed by atoms with Gasteiger partial charge in [-0.05, 0) is 30.3 Å². The highest BCUT2D eigenvalue weighted by molar-refractivity contribution is 8.18. The van der Waals surface area contributed by atoms with Gasteiger partial charge in [-0.2, -0.15) is 0 Å². The summed E-state index contributed by atoms with van der Waals surface area (Å²) >= 11 is 0.623. The van der Waals surface area contributed by atoms with Crippen LogP contribution in [0, 0.1) is 10.1 Å². The number of hydrogen-bond acceptors (Lipinski definition) is 7. The summed E-state index contributed by atoms with van der Waals surface area (Å²) in [5, 5.41) is 24.4. The van der Waals surface area contributed by atoms with Gasteiger partial charge in [0, 0.05) is 6.07 Å². The van der Waals surface area contributed by atoms with Crippen LogP contribution in [0.3, 0.4) is 0 Å². The van der Waals surface area contributed by atoms with Crippen molar-refractivity contribution in [1.29, 1.82) is 0 Å². The number of nitro groups is 1. The quantitative estimate of drug-likeness (QED) is 0.506. The van der Waals surface area contributed by atoms with Crippen LogP contribution in [0.1, 0.15) is 12.5 Å². The molecule has 0 atom stereocenters. The predicted octanol–water partition coefficient (Wildman–Crippen LogP) is 1.39. The van der Waals surface area contributed by atoms with Gasteiger partial charge in [-0.25, -0.2) is 0 Å². The minimum Gasteiger partial charge on any atom is -0.870 e. The monoisotopic (exact) mass is 309 g/mol. The lowest BCUT2D eigenvalue weighted by Crippen LogP contribution is -2.17. The van der Waals surface area contributed by atoms with Crippen LogP contribution in [-0.2, 0) is 4.79 Å². The molecule has 2 amide bonds. The van der Waals surface area contributed by atoms with Crippen molar-refractivity contribution < 1.29 is 24.4 Å². The molecule has 9 heteroatoms. The van der Waals surface area contributed by atoms with E-state index in [1.165, 1.54) is 0 Å². The molecule has 0 aromatic heterocycles. The Morgan fingerprint density at radius 2 is 2.14 bits per heavy atom. The van der Waals surface area contributed by atoms with Crippen molar-refractivity contribution in [3.63, 3.8) is 0 Å². The van der Waals surface area contributed by atoms with Crippen LogP contribution in [0.15, 0.2) is 17.0 Å². The zero-order chi connectivity index (χ0) is 15.6. The van der Waals surface area contributed by atoms with Gasteiger partial charge in [0.2, 0.25) is 0 Å². The third-order valence-corrected chi connectivity index (χ3v) is 3.32. The minimum absolute atomic E-state index is 0.0000430. The number of imide groups is 1. The van der Waals surface area contributed by atoms with Gasteiger partial charge in [-0.15, -0.1) is 0 Å². The summed E-state index contributed by atoms with van der Waals surface area (Å²) in [6.45, 7) is 1.80. The maximum Gasteiger partial charge on any atom is 0.290 e. The highest BCUT2D eigenvalue weighted by Gasteiger charge is 2.25. The summed E-state index contributed by atoms with van der Waals surface area (Å²) in [6.07, 6.45) is 1.14. The molecule has 1 heterocycles. The van der Waals surface area contributed by atoms with Gasteiger partial charge in [-0.3, -0.25) is 25.0 Å². The van der Waals surface area contributed by atoms with E-state index in [-0.39, 0.29) is 28.5 Å². The van der Waals surface area contributed by atoms with E-state index >= 15 is 0 Å². The average Bonchev–Trinajstić information content (AvgIpc) is 2.72. The number of benzene rings is 1. The molecule has 0 bridgehead atoms. The van der Waals surface area contributed by atoms with Gasteiger partial charge >= 0.3 is 0 Å². The van der Waals surface area contributed by atoms with Crippen LogP contribution in [0.4, 0.5) is 10.5 Å². The highest BCUT2D eigenvalue weighted by atomic mass is 32.2. The lowest BCUT2D eigenvalue weighted by molar-refractivity contribution is -0.385. The smallest absolute Gasteiger partial charge is 0.290 e. The second-order valence-electron chi connectivity index (χ2n) is 3.90. The number of carbonyl (C=O) groups excluding carboxylic acids is 2. The second kappa shape index (κ2) is 5.83. The van der Waals surface area contributed by atoms with Gasteiger partial charge in [-0.1, -0.05) is 5.75 Å². The molecule has 0 aliphatic carbocycles. The molecule has 1 aliphatic heterocycles. The molecule has 1 saturated heterocycles. The first kappa shape index (κ1) is 14.9. The fourth-order valence-electron chi connectivity index (χ4n) is 1.65. The Labute approximate surface area is 122 Å². The third kappa shape index (κ3) is 3.14. The number of amides is 2. The van der Waals surface area contributed by atoms with Crippen LogP contribution in [0.5, 0.6) is 11.5 Å². The minimum atomic E-state index is -0.670. The number of nitro benzene ring substituents is 1. The molecule has 1 aromatic rings. The summed E-state index contributed by atoms with van der Waals surface area (Å²) in [4.78, 5) is 32.7. The van der Waals surface area contributed by atoms with Crippen molar-refractivity contribution >= 4 is 34.7 Å². The zero-order valence-electron chi connectivity index (χ0n) is 10.7. The van der Waals surface area contributed by atoms with E-state index < -0.39 is 21.8 Å². The maximum absolute atomic E-state index is 12.1. The molecule has 8 nitrogen and oxygen atoms in total. The predicted molar refractivity (Wildman–Crippen MR) is 72.8 cm³/mol. The molecule has 110 valence electrons. The van der Waals surface area contributed by atoms with Gasteiger partial charge in [0.15, 0.2) is 0 Å². The normalized spacial score (nSPS) is 16.1. The largest absolute Gasteiger partial charge is 0.870 e. The van der Waals surface area contributed by atoms with Crippen molar-refractivity contribution in [3.05, 3.63) is 32.7 Å². The summed E-state index contributed by atoms with van der Waals surface area (Å²) in [5.41, 5.74) is -0.417. The first-order chi connectivity index (χ1) is 9.92. The standard InChI is InChI=1S/C12H10N2O6S/c1-2-20-8-5-7(14(18)19)3-6(10(8)15)4-9-11(16)13-12(17)21-9/h3-5,15H,2H2,1H3,(H,13,16,17)/p-1/b9-4-. The Bertz CT molecular complexity index is 670. The van der Waals surface area contributed by atoms with E-state index in [0.29, 0.717) is 11.8 Å². The summed E-state index contributed by atoms with van der Waals surface area (Å²) in [5.74, 6) is -1.40. The van der Waals surface area contributed by atoms with Gasteiger partial charge < -0.3 is 9.84 Å². The molecular weight excluding hydrogens is 300 g/mol. The number of thioether (sulfide) groups is 1. The summed E-state index contributed by atoms with van der Waals surface area (Å²) < 4.78 is 5.06. The van der Waals surface area contributed by atoms with E-state index in [4.69, 9.17) is 4.74 Å². The van der Waals surface area contributed by atoms with Gasteiger partial charge in [0.25, 0.3) is 16.8 Å². The van der Waals surface area contributed by atoms with Crippen LogP contribution >= 0.6 is 11.8 Å². The Balaban J connectivity index is 2.52. The van der Waals surface area contributed by atoms with E-state index in [2.05, 4.69) is 0 Å². The average molecular weight is 309 g/mol. The fraction of sp³-hybridized carbons (Fsp3) is 0.167. The number of rotatable bonds is 4. The number of non-ortho nitro benzene ring substituents is 1. The van der Waals surface area contributed by atoms with Gasteiger partial charge in [0.1, 0.15) is 5.75 Å². The molecule has 2 rings (SSSR count). The van der Waals surface area contributed by atoms with Gasteiger partial charge in [0.05, 0.1) is 22.5 Å². The van der Waals surface area contributed by atoms with Crippen LogP contribution in [0.2, 0.25) is 0 Å². The highest BCUT2D eigenvalue weighted by Crippen LogP contribution is 2.36. The lowest BCUT2D eigenvalue weighted by atomic mass is 10.1. The topological polar surface area (TPSA) is 122 Å². The second-order valence-corrected chi connectivity index (χ2v) is 4.92. The Morgan fingerprint density at radius 1 is 1.43 bits per heavy atom. The van der Waals surface area contributed by atoms with Crippen molar-refractivity contribution in [3.8, 4) is 11.5 Å². The lowest BCUT2D eigenvalue weighted by Gasteiger charge is -2.16. The number of hydrogen-bond donors (Lipinski definition) is 1. The number of nitrogens with one attached hydrogen (secondary N) is 1. The third-order valence-electron chi connectivity index (χ3n) is 2.51. The number of carbonyl (C=O) groups is 2. The summed E-state index contributed by atoms with van der Waals surface area (Å²) in [6, 6.07) is 2.06. The van der Waals surface area contributed by atoms with Crippen molar-refractivity contribution in [2.45, 2.75) is 6.92 Å². The Kier molecular flexibility index (Phi) is 4.13. The molecule has 21 heavy (non-hydrogen) atoms. The fourth-order valence-corrected chi connectivity index (χ4v) is 2.32. The molecule has 1 N–H and O–H groups in total. The SMILES string of the molecule is CCOc1cc([N+](=O)[O-])cc(/C=C2\SC(=O)NC2=O)c1[O-]. The Morgan fingerprint density at radius 3 is 2.67 bits per heavy atom.